The summed E-state index contributed by atoms with van der Waals surface area (Å²) in [5.74, 6) is 0. The fourth-order valence-corrected chi connectivity index (χ4v) is 8.38. The van der Waals surface area contributed by atoms with Crippen LogP contribution in [0.1, 0.15) is 0 Å². The highest BCUT2D eigenvalue weighted by Gasteiger charge is 2.28. The zero-order valence-corrected chi connectivity index (χ0v) is 29.1. The fraction of sp³-hybridized carbons (Fsp3) is 0.0417. The van der Waals surface area contributed by atoms with E-state index >= 15 is 0 Å². The van der Waals surface area contributed by atoms with Crippen LogP contribution >= 0.6 is 0 Å². The largest absolute Gasteiger partial charge is 0.342 e. The van der Waals surface area contributed by atoms with Gasteiger partial charge >= 0.3 is 0 Å². The van der Waals surface area contributed by atoms with Crippen LogP contribution in [0.5, 0.6) is 0 Å². The van der Waals surface area contributed by atoms with E-state index in [2.05, 4.69) is 215 Å². The Balaban J connectivity index is 1.50. The molecule has 4 nitrogen and oxygen atoms in total. The Morgan fingerprint density at radius 3 is 0.923 bits per heavy atom. The van der Waals surface area contributed by atoms with Gasteiger partial charge in [0.2, 0.25) is 0 Å². The van der Waals surface area contributed by atoms with Crippen molar-refractivity contribution in [2.45, 2.75) is 0 Å². The topological polar surface area (TPSA) is 16.3 Å². The van der Waals surface area contributed by atoms with Crippen molar-refractivity contribution in [1.29, 1.82) is 0 Å². The smallest absolute Gasteiger partial charge is 0.0785 e. The summed E-state index contributed by atoms with van der Waals surface area (Å²) in [5, 5.41) is 7.27. The monoisotopic (exact) mass is 668 g/mol. The van der Waals surface area contributed by atoms with Gasteiger partial charge in [-0.25, -0.2) is 0 Å². The van der Waals surface area contributed by atoms with Crippen molar-refractivity contribution < 1.29 is 0 Å². The van der Waals surface area contributed by atoms with E-state index < -0.39 is 0 Å². The quantitative estimate of drug-likeness (QED) is 0.175. The van der Waals surface area contributed by atoms with Gasteiger partial charge in [-0.05, 0) is 72.8 Å². The highest BCUT2D eigenvalue weighted by atomic mass is 15.2. The third kappa shape index (κ3) is 4.47. The van der Waals surface area contributed by atoms with Crippen LogP contribution in [0.3, 0.4) is 0 Å². The van der Waals surface area contributed by atoms with Gasteiger partial charge < -0.3 is 18.9 Å². The molecule has 4 heteroatoms. The first-order valence-corrected chi connectivity index (χ1v) is 17.8. The lowest BCUT2D eigenvalue weighted by Crippen LogP contribution is -2.14. The van der Waals surface area contributed by atoms with Crippen molar-refractivity contribution in [2.24, 2.45) is 14.1 Å². The second-order valence-corrected chi connectivity index (χ2v) is 13.5. The molecule has 2 heterocycles. The molecule has 0 aliphatic heterocycles. The minimum atomic E-state index is 1.11. The Morgan fingerprint density at radius 2 is 0.596 bits per heavy atom. The molecule has 10 aromatic rings. The van der Waals surface area contributed by atoms with Crippen molar-refractivity contribution in [3.05, 3.63) is 182 Å². The number of hydrogen-bond donors (Lipinski definition) is 0. The Labute approximate surface area is 302 Å². The van der Waals surface area contributed by atoms with Crippen LogP contribution in [-0.4, -0.2) is 9.13 Å². The molecule has 0 atom stereocenters. The Morgan fingerprint density at radius 1 is 0.308 bits per heavy atom. The molecule has 0 N–H and O–H groups in total. The lowest BCUT2D eigenvalue weighted by atomic mass is 9.96. The van der Waals surface area contributed by atoms with Crippen LogP contribution in [0, 0.1) is 0 Å². The molecule has 0 saturated heterocycles. The summed E-state index contributed by atoms with van der Waals surface area (Å²) in [6, 6.07) is 65.7. The summed E-state index contributed by atoms with van der Waals surface area (Å²) in [7, 11) is 4.43. The number of benzene rings is 8. The first-order valence-electron chi connectivity index (χ1n) is 17.8. The number of anilines is 6. The van der Waals surface area contributed by atoms with Crippen LogP contribution in [0.25, 0.3) is 54.4 Å². The molecule has 8 aromatic carbocycles. The number of nitrogens with zero attached hydrogens (tertiary/aromatic N) is 4. The number of para-hydroxylation sites is 6. The van der Waals surface area contributed by atoms with E-state index in [-0.39, 0.29) is 0 Å². The molecule has 248 valence electrons. The molecule has 52 heavy (non-hydrogen) atoms. The zero-order valence-electron chi connectivity index (χ0n) is 29.1. The molecule has 0 radical (unpaired) electrons. The lowest BCUT2D eigenvalue weighted by Gasteiger charge is -2.31. The predicted octanol–water partition coefficient (Wildman–Crippen LogP) is 13.1. The van der Waals surface area contributed by atoms with E-state index in [1.54, 1.807) is 0 Å². The van der Waals surface area contributed by atoms with Gasteiger partial charge in [-0.3, -0.25) is 0 Å². The van der Waals surface area contributed by atoms with Crippen LogP contribution in [0.2, 0.25) is 0 Å². The van der Waals surface area contributed by atoms with Crippen molar-refractivity contribution in [3.8, 4) is 0 Å². The summed E-state index contributed by atoms with van der Waals surface area (Å²) in [6.45, 7) is 0. The summed E-state index contributed by atoms with van der Waals surface area (Å²) in [4.78, 5) is 4.92. The molecule has 2 aromatic heterocycles. The standard InChI is InChI=1S/C48H36N4/c1-49-43-29-17-15-27-37(43)39-31-42-41(47(45(39)49)51(33-19-7-3-8-20-33)34-21-9-4-10-22-34)32-40-38-28-16-18-30-44(38)50(2)46(40)48(42)52(35-23-11-5-12-24-35)36-25-13-6-14-26-36/h3-32H,1-2H3. The second kappa shape index (κ2) is 11.9. The van der Waals surface area contributed by atoms with Gasteiger partial charge in [-0.15, -0.1) is 0 Å². The van der Waals surface area contributed by atoms with E-state index in [1.807, 2.05) is 0 Å². The summed E-state index contributed by atoms with van der Waals surface area (Å²) >= 11 is 0. The van der Waals surface area contributed by atoms with Crippen LogP contribution in [0.4, 0.5) is 34.1 Å². The van der Waals surface area contributed by atoms with Gasteiger partial charge in [0.05, 0.1) is 22.4 Å². The molecule has 0 spiro atoms. The Kier molecular flexibility index (Phi) is 6.90. The molecule has 0 amide bonds. The molecule has 0 saturated carbocycles. The number of rotatable bonds is 6. The van der Waals surface area contributed by atoms with E-state index in [4.69, 9.17) is 0 Å². The number of hydrogen-bond acceptors (Lipinski definition) is 2. The summed E-state index contributed by atoms with van der Waals surface area (Å²) in [6.07, 6.45) is 0. The fourth-order valence-electron chi connectivity index (χ4n) is 8.38. The SMILES string of the molecule is Cn1c2ccccc2c2cc3c(N(c4ccccc4)c4ccccc4)c4c(cc3c(N(c3ccccc3)c3ccccc3)c21)c1ccccc1n4C. The van der Waals surface area contributed by atoms with E-state index in [0.29, 0.717) is 0 Å². The molecule has 0 bridgehead atoms. The molecule has 0 aliphatic carbocycles. The maximum absolute atomic E-state index is 2.46. The average Bonchev–Trinajstić information content (AvgIpc) is 3.66. The highest BCUT2D eigenvalue weighted by molar-refractivity contribution is 6.29. The lowest BCUT2D eigenvalue weighted by molar-refractivity contribution is 1.01. The minimum absolute atomic E-state index is 1.11. The highest BCUT2D eigenvalue weighted by Crippen LogP contribution is 2.52. The first-order chi connectivity index (χ1) is 25.7. The molecule has 0 aliphatic rings. The van der Waals surface area contributed by atoms with Crippen molar-refractivity contribution in [1.82, 2.24) is 9.13 Å². The predicted molar refractivity (Wildman–Crippen MR) is 221 cm³/mol. The third-order valence-corrected chi connectivity index (χ3v) is 10.6. The van der Waals surface area contributed by atoms with E-state index in [1.165, 1.54) is 54.4 Å². The summed E-state index contributed by atoms with van der Waals surface area (Å²) < 4.78 is 4.77. The Bertz CT molecular complexity index is 2630. The molecule has 0 fully saturated rings. The number of aromatic nitrogens is 2. The molecule has 0 unspecified atom stereocenters. The maximum atomic E-state index is 2.46. The van der Waals surface area contributed by atoms with Gasteiger partial charge in [0.15, 0.2) is 0 Å². The van der Waals surface area contributed by atoms with Gasteiger partial charge in [-0.2, -0.15) is 0 Å². The average molecular weight is 669 g/mol. The molecular weight excluding hydrogens is 633 g/mol. The van der Waals surface area contributed by atoms with Gasteiger partial charge in [-0.1, -0.05) is 109 Å². The zero-order chi connectivity index (χ0) is 34.8. The number of fused-ring (bicyclic) bond motifs is 7. The normalized spacial score (nSPS) is 11.7. The van der Waals surface area contributed by atoms with Gasteiger partial charge in [0.1, 0.15) is 0 Å². The summed E-state index contributed by atoms with van der Waals surface area (Å²) in [5.41, 5.74) is 11.5. The van der Waals surface area contributed by atoms with Crippen molar-refractivity contribution in [3.63, 3.8) is 0 Å². The Hall–Kier alpha value is -6.78. The van der Waals surface area contributed by atoms with Crippen LogP contribution in [0.15, 0.2) is 182 Å². The third-order valence-electron chi connectivity index (χ3n) is 10.6. The van der Waals surface area contributed by atoms with E-state index in [9.17, 15) is 0 Å². The van der Waals surface area contributed by atoms with Gasteiger partial charge in [0.25, 0.3) is 0 Å². The first kappa shape index (κ1) is 30.1. The minimum Gasteiger partial charge on any atom is -0.342 e. The number of aryl methyl sites for hydroxylation is 2. The van der Waals surface area contributed by atoms with Crippen LogP contribution in [-0.2, 0) is 14.1 Å². The van der Waals surface area contributed by atoms with Gasteiger partial charge in [0, 0.05) is 80.2 Å². The van der Waals surface area contributed by atoms with Crippen molar-refractivity contribution >= 4 is 88.5 Å². The van der Waals surface area contributed by atoms with E-state index in [0.717, 1.165) is 34.1 Å². The second-order valence-electron chi connectivity index (χ2n) is 13.5. The maximum Gasteiger partial charge on any atom is 0.0785 e. The molecular formula is C48H36N4. The van der Waals surface area contributed by atoms with Crippen molar-refractivity contribution in [2.75, 3.05) is 9.80 Å². The van der Waals surface area contributed by atoms with Crippen LogP contribution < -0.4 is 9.80 Å². The molecule has 10 rings (SSSR count).